The molecule has 0 bridgehead atoms. The van der Waals surface area contributed by atoms with Gasteiger partial charge in [0.15, 0.2) is 0 Å². The molecule has 1 spiro atoms. The van der Waals surface area contributed by atoms with Crippen molar-refractivity contribution in [2.45, 2.75) is 24.9 Å². The van der Waals surface area contributed by atoms with Crippen LogP contribution in [-0.4, -0.2) is 34.5 Å². The quantitative estimate of drug-likeness (QED) is 0.623. The first-order chi connectivity index (χ1) is 13.7. The van der Waals surface area contributed by atoms with Crippen LogP contribution >= 0.6 is 0 Å². The van der Waals surface area contributed by atoms with Gasteiger partial charge in [-0.15, -0.1) is 0 Å². The molecular formula is C24H22N2O2. The summed E-state index contributed by atoms with van der Waals surface area (Å²) in [7, 11) is 0. The Morgan fingerprint density at radius 3 is 2.93 bits per heavy atom. The summed E-state index contributed by atoms with van der Waals surface area (Å²) in [4.78, 5) is 19.4. The average Bonchev–Trinajstić information content (AvgIpc) is 2.95. The lowest BCUT2D eigenvalue weighted by Crippen LogP contribution is -2.38. The van der Waals surface area contributed by atoms with Gasteiger partial charge in [0, 0.05) is 48.4 Å². The van der Waals surface area contributed by atoms with Crippen molar-refractivity contribution in [3.05, 3.63) is 78.1 Å². The molecule has 140 valence electrons. The summed E-state index contributed by atoms with van der Waals surface area (Å²) >= 11 is 0. The standard InChI is InChI=1S/C24H22N2O2/c27-23(21-7-3-6-19-17-25-14-10-20(19)21)26-15-4-11-24(13-16-26)12-9-18-5-1-2-8-22(18)28-24/h1-3,5-10,12,14,17H,4,11,13,15-16H2/t24-/m1/s1. The van der Waals surface area contributed by atoms with Gasteiger partial charge >= 0.3 is 0 Å². The van der Waals surface area contributed by atoms with Gasteiger partial charge in [-0.3, -0.25) is 9.78 Å². The highest BCUT2D eigenvalue weighted by molar-refractivity contribution is 6.06. The Morgan fingerprint density at radius 1 is 1.04 bits per heavy atom. The Morgan fingerprint density at radius 2 is 1.96 bits per heavy atom. The maximum Gasteiger partial charge on any atom is 0.254 e. The molecule has 0 N–H and O–H groups in total. The number of rotatable bonds is 1. The molecule has 3 heterocycles. The number of amides is 1. The maximum atomic E-state index is 13.3. The molecule has 0 saturated carbocycles. The highest BCUT2D eigenvalue weighted by Crippen LogP contribution is 2.37. The van der Waals surface area contributed by atoms with Crippen LogP contribution < -0.4 is 4.74 Å². The molecule has 1 amide bonds. The van der Waals surface area contributed by atoms with Crippen molar-refractivity contribution in [1.82, 2.24) is 9.88 Å². The van der Waals surface area contributed by atoms with E-state index in [1.807, 2.05) is 53.6 Å². The molecule has 4 heteroatoms. The molecule has 4 nitrogen and oxygen atoms in total. The summed E-state index contributed by atoms with van der Waals surface area (Å²) in [5.41, 5.74) is 1.56. The minimum atomic E-state index is -0.313. The topological polar surface area (TPSA) is 42.4 Å². The zero-order chi connectivity index (χ0) is 19.0. The van der Waals surface area contributed by atoms with E-state index in [0.717, 1.165) is 53.5 Å². The number of benzene rings is 2. The summed E-state index contributed by atoms with van der Waals surface area (Å²) in [5.74, 6) is 1.03. The molecule has 0 aliphatic carbocycles. The number of carbonyl (C=O) groups is 1. The number of carbonyl (C=O) groups excluding carboxylic acids is 1. The number of likely N-dealkylation sites (tertiary alicyclic amines) is 1. The number of hydrogen-bond acceptors (Lipinski definition) is 3. The lowest BCUT2D eigenvalue weighted by Gasteiger charge is -2.34. The number of nitrogens with zero attached hydrogens (tertiary/aromatic N) is 2. The van der Waals surface area contributed by atoms with Crippen LogP contribution in [0.3, 0.4) is 0 Å². The number of fused-ring (bicyclic) bond motifs is 2. The van der Waals surface area contributed by atoms with Gasteiger partial charge in [-0.05, 0) is 42.5 Å². The second kappa shape index (κ2) is 6.79. The molecule has 1 saturated heterocycles. The third-order valence-electron chi connectivity index (χ3n) is 5.83. The van der Waals surface area contributed by atoms with E-state index in [2.05, 4.69) is 23.2 Å². The first-order valence-corrected chi connectivity index (χ1v) is 9.83. The van der Waals surface area contributed by atoms with Gasteiger partial charge in [0.2, 0.25) is 0 Å². The van der Waals surface area contributed by atoms with Crippen molar-refractivity contribution in [3.63, 3.8) is 0 Å². The highest BCUT2D eigenvalue weighted by Gasteiger charge is 2.36. The van der Waals surface area contributed by atoms with Crippen molar-refractivity contribution >= 4 is 22.8 Å². The lowest BCUT2D eigenvalue weighted by molar-refractivity contribution is 0.0732. The molecule has 1 atom stereocenters. The van der Waals surface area contributed by atoms with E-state index in [9.17, 15) is 4.79 Å². The number of para-hydroxylation sites is 1. The van der Waals surface area contributed by atoms with E-state index >= 15 is 0 Å². The van der Waals surface area contributed by atoms with Gasteiger partial charge in [0.25, 0.3) is 5.91 Å². The van der Waals surface area contributed by atoms with E-state index in [4.69, 9.17) is 4.74 Å². The first kappa shape index (κ1) is 17.0. The Kier molecular flexibility index (Phi) is 4.12. The maximum absolute atomic E-state index is 13.3. The van der Waals surface area contributed by atoms with E-state index in [0.29, 0.717) is 6.54 Å². The van der Waals surface area contributed by atoms with E-state index < -0.39 is 0 Å². The molecule has 2 aliphatic heterocycles. The van der Waals surface area contributed by atoms with Crippen molar-refractivity contribution < 1.29 is 9.53 Å². The van der Waals surface area contributed by atoms with Crippen molar-refractivity contribution in [3.8, 4) is 5.75 Å². The molecule has 28 heavy (non-hydrogen) atoms. The monoisotopic (exact) mass is 370 g/mol. The number of pyridine rings is 1. The fourth-order valence-corrected chi connectivity index (χ4v) is 4.29. The van der Waals surface area contributed by atoms with E-state index in [1.54, 1.807) is 6.20 Å². The van der Waals surface area contributed by atoms with Crippen LogP contribution in [-0.2, 0) is 0 Å². The lowest BCUT2D eigenvalue weighted by atomic mass is 9.91. The molecular weight excluding hydrogens is 348 g/mol. The molecule has 5 rings (SSSR count). The molecule has 1 aromatic heterocycles. The molecule has 3 aromatic rings. The van der Waals surface area contributed by atoms with Crippen LogP contribution in [0, 0.1) is 0 Å². The molecule has 2 aromatic carbocycles. The highest BCUT2D eigenvalue weighted by atomic mass is 16.5. The molecule has 0 unspecified atom stereocenters. The smallest absolute Gasteiger partial charge is 0.254 e. The summed E-state index contributed by atoms with van der Waals surface area (Å²) in [6.07, 6.45) is 10.5. The van der Waals surface area contributed by atoms with Crippen LogP contribution in [0.25, 0.3) is 16.8 Å². The number of aromatic nitrogens is 1. The minimum Gasteiger partial charge on any atom is -0.483 e. The van der Waals surface area contributed by atoms with Crippen LogP contribution in [0.2, 0.25) is 0 Å². The predicted molar refractivity (Wildman–Crippen MR) is 110 cm³/mol. The SMILES string of the molecule is O=C(c1cccc2cnccc12)N1CCC[C@@]2(C=Cc3ccccc3O2)CC1. The summed E-state index contributed by atoms with van der Waals surface area (Å²) in [6.45, 7) is 1.44. The minimum absolute atomic E-state index is 0.0917. The zero-order valence-corrected chi connectivity index (χ0v) is 15.7. The largest absolute Gasteiger partial charge is 0.483 e. The number of hydrogen-bond donors (Lipinski definition) is 0. The van der Waals surface area contributed by atoms with Crippen molar-refractivity contribution in [2.75, 3.05) is 13.1 Å². The summed E-state index contributed by atoms with van der Waals surface area (Å²) in [6, 6.07) is 15.9. The normalized spacial score (nSPS) is 21.2. The van der Waals surface area contributed by atoms with Gasteiger partial charge in [-0.25, -0.2) is 0 Å². The fraction of sp³-hybridized carbons (Fsp3) is 0.250. The van der Waals surface area contributed by atoms with Crippen LogP contribution in [0.4, 0.5) is 0 Å². The fourth-order valence-electron chi connectivity index (χ4n) is 4.29. The third kappa shape index (κ3) is 2.95. The van der Waals surface area contributed by atoms with Gasteiger partial charge in [0.1, 0.15) is 11.4 Å². The second-order valence-corrected chi connectivity index (χ2v) is 7.59. The molecule has 1 fully saturated rings. The average molecular weight is 370 g/mol. The Bertz CT molecular complexity index is 1070. The second-order valence-electron chi connectivity index (χ2n) is 7.59. The van der Waals surface area contributed by atoms with E-state index in [1.165, 1.54) is 0 Å². The third-order valence-corrected chi connectivity index (χ3v) is 5.83. The molecule has 0 radical (unpaired) electrons. The van der Waals surface area contributed by atoms with Gasteiger partial charge in [-0.1, -0.05) is 36.4 Å². The Labute approximate surface area is 164 Å². The number of ether oxygens (including phenoxy) is 1. The van der Waals surface area contributed by atoms with Crippen LogP contribution in [0.5, 0.6) is 5.75 Å². The van der Waals surface area contributed by atoms with Crippen LogP contribution in [0.15, 0.2) is 67.0 Å². The van der Waals surface area contributed by atoms with Gasteiger partial charge in [0.05, 0.1) is 0 Å². The molecule has 2 aliphatic rings. The summed E-state index contributed by atoms with van der Waals surface area (Å²) in [5, 5.41) is 1.96. The van der Waals surface area contributed by atoms with E-state index in [-0.39, 0.29) is 11.5 Å². The first-order valence-electron chi connectivity index (χ1n) is 9.83. The van der Waals surface area contributed by atoms with Crippen molar-refractivity contribution in [1.29, 1.82) is 0 Å². The zero-order valence-electron chi connectivity index (χ0n) is 15.7. The predicted octanol–water partition coefficient (Wildman–Crippen LogP) is 4.71. The Balaban J connectivity index is 1.39. The van der Waals surface area contributed by atoms with Crippen molar-refractivity contribution in [2.24, 2.45) is 0 Å². The summed E-state index contributed by atoms with van der Waals surface area (Å²) < 4.78 is 6.41. The van der Waals surface area contributed by atoms with Gasteiger partial charge in [-0.2, -0.15) is 0 Å². The van der Waals surface area contributed by atoms with Gasteiger partial charge < -0.3 is 9.64 Å². The Hall–Kier alpha value is -3.14. The van der Waals surface area contributed by atoms with Crippen LogP contribution in [0.1, 0.15) is 35.2 Å².